The van der Waals surface area contributed by atoms with E-state index >= 15 is 0 Å². The largest absolute Gasteiger partial charge is 0.325 e. The Balaban J connectivity index is 1.92. The molecule has 1 unspecified atom stereocenters. The lowest BCUT2D eigenvalue weighted by molar-refractivity contribution is -0.122. The number of nitrogens with zero attached hydrogens (tertiary/aromatic N) is 1. The van der Waals surface area contributed by atoms with Crippen molar-refractivity contribution in [2.45, 2.75) is 44.0 Å². The van der Waals surface area contributed by atoms with E-state index in [0.29, 0.717) is 0 Å². The van der Waals surface area contributed by atoms with Gasteiger partial charge in [-0.3, -0.25) is 14.5 Å². The number of amides is 2. The molecule has 0 spiro atoms. The molecule has 156 valence electrons. The molecule has 2 N–H and O–H groups in total. The molecule has 2 rings (SSSR count). The first kappa shape index (κ1) is 23.0. The maximum Gasteiger partial charge on any atom is 0.241 e. The summed E-state index contributed by atoms with van der Waals surface area (Å²) in [6, 6.07) is 15.1. The molecule has 0 radical (unpaired) electrons. The van der Waals surface area contributed by atoms with Gasteiger partial charge in [-0.15, -0.1) is 11.8 Å². The van der Waals surface area contributed by atoms with Gasteiger partial charge in [0, 0.05) is 10.6 Å². The monoisotopic (exact) mass is 413 g/mol. The van der Waals surface area contributed by atoms with Crippen molar-refractivity contribution in [3.63, 3.8) is 0 Å². The lowest BCUT2D eigenvalue weighted by Crippen LogP contribution is -2.43. The molecular weight excluding hydrogens is 382 g/mol. The second-order valence-corrected chi connectivity index (χ2v) is 9.00. The molecule has 0 aliphatic carbocycles. The third kappa shape index (κ3) is 6.61. The van der Waals surface area contributed by atoms with Crippen molar-refractivity contribution in [2.24, 2.45) is 0 Å². The van der Waals surface area contributed by atoms with Crippen molar-refractivity contribution in [1.29, 1.82) is 0 Å². The molecule has 0 aliphatic heterocycles. The minimum Gasteiger partial charge on any atom is -0.325 e. The van der Waals surface area contributed by atoms with Gasteiger partial charge in [0.05, 0.1) is 18.3 Å². The highest BCUT2D eigenvalue weighted by atomic mass is 32.2. The van der Waals surface area contributed by atoms with E-state index in [1.807, 2.05) is 54.8 Å². The molecule has 1 atom stereocenters. The molecule has 0 fully saturated rings. The maximum absolute atomic E-state index is 12.6. The second-order valence-electron chi connectivity index (χ2n) is 8.16. The van der Waals surface area contributed by atoms with Crippen LogP contribution in [0.1, 0.15) is 33.3 Å². The number of hydrogen-bond donors (Lipinski definition) is 2. The lowest BCUT2D eigenvalue weighted by atomic mass is 9.87. The molecule has 0 aromatic heterocycles. The van der Waals surface area contributed by atoms with Gasteiger partial charge in [0.15, 0.2) is 0 Å². The number of carbonyl (C=O) groups is 2. The van der Waals surface area contributed by atoms with E-state index in [0.717, 1.165) is 16.3 Å². The summed E-state index contributed by atoms with van der Waals surface area (Å²) in [5.74, 6) is -0.295. The molecule has 6 heteroatoms. The number of hydrogen-bond acceptors (Lipinski definition) is 4. The van der Waals surface area contributed by atoms with Crippen LogP contribution in [0.3, 0.4) is 0 Å². The summed E-state index contributed by atoms with van der Waals surface area (Å²) in [4.78, 5) is 27.7. The number of rotatable bonds is 7. The minimum atomic E-state index is -0.446. The van der Waals surface area contributed by atoms with Gasteiger partial charge in [-0.2, -0.15) is 0 Å². The Bertz CT molecular complexity index is 844. The van der Waals surface area contributed by atoms with E-state index < -0.39 is 6.04 Å². The number of benzene rings is 2. The zero-order chi connectivity index (χ0) is 21.6. The van der Waals surface area contributed by atoms with Gasteiger partial charge < -0.3 is 10.6 Å². The fourth-order valence-electron chi connectivity index (χ4n) is 2.80. The highest BCUT2D eigenvalue weighted by Gasteiger charge is 2.21. The third-order valence-corrected chi connectivity index (χ3v) is 5.63. The van der Waals surface area contributed by atoms with Crippen molar-refractivity contribution in [2.75, 3.05) is 30.5 Å². The van der Waals surface area contributed by atoms with E-state index in [1.54, 1.807) is 30.6 Å². The van der Waals surface area contributed by atoms with Crippen LogP contribution in [0.5, 0.6) is 0 Å². The van der Waals surface area contributed by atoms with Crippen LogP contribution in [0.25, 0.3) is 0 Å². The maximum atomic E-state index is 12.6. The predicted molar refractivity (Wildman–Crippen MR) is 123 cm³/mol. The number of carbonyl (C=O) groups excluding carboxylic acids is 2. The summed E-state index contributed by atoms with van der Waals surface area (Å²) in [6.07, 6.45) is 1.97. The predicted octanol–water partition coefficient (Wildman–Crippen LogP) is 4.60. The van der Waals surface area contributed by atoms with E-state index in [1.165, 1.54) is 5.56 Å². The summed E-state index contributed by atoms with van der Waals surface area (Å²) in [6.45, 7) is 8.38. The quantitative estimate of drug-likeness (QED) is 0.651. The zero-order valence-electron chi connectivity index (χ0n) is 18.1. The van der Waals surface area contributed by atoms with Gasteiger partial charge in [0.25, 0.3) is 0 Å². The van der Waals surface area contributed by atoms with E-state index in [2.05, 4.69) is 31.4 Å². The van der Waals surface area contributed by atoms with Crippen LogP contribution in [0.15, 0.2) is 53.4 Å². The first-order valence-electron chi connectivity index (χ1n) is 9.66. The third-order valence-electron chi connectivity index (χ3n) is 4.83. The average Bonchev–Trinajstić information content (AvgIpc) is 2.67. The number of thioether (sulfide) groups is 1. The van der Waals surface area contributed by atoms with E-state index in [-0.39, 0.29) is 23.8 Å². The van der Waals surface area contributed by atoms with Gasteiger partial charge >= 0.3 is 0 Å². The van der Waals surface area contributed by atoms with Gasteiger partial charge in [-0.1, -0.05) is 45.0 Å². The topological polar surface area (TPSA) is 61.4 Å². The van der Waals surface area contributed by atoms with Crippen LogP contribution in [0.2, 0.25) is 0 Å². The Morgan fingerprint density at radius 1 is 1.03 bits per heavy atom. The Labute approximate surface area is 178 Å². The van der Waals surface area contributed by atoms with Crippen molar-refractivity contribution in [1.82, 2.24) is 4.90 Å². The lowest BCUT2D eigenvalue weighted by Gasteiger charge is -2.24. The zero-order valence-corrected chi connectivity index (χ0v) is 18.9. The minimum absolute atomic E-state index is 0.0678. The Kier molecular flexibility index (Phi) is 7.88. The first-order valence-corrected chi connectivity index (χ1v) is 10.9. The number of likely N-dealkylation sites (N-methyl/N-ethyl adjacent to an activating group) is 1. The van der Waals surface area contributed by atoms with Gasteiger partial charge in [0.1, 0.15) is 0 Å². The molecule has 2 amide bonds. The van der Waals surface area contributed by atoms with Crippen LogP contribution < -0.4 is 10.6 Å². The highest BCUT2D eigenvalue weighted by molar-refractivity contribution is 7.98. The fraction of sp³-hybridized carbons (Fsp3) is 0.391. The van der Waals surface area contributed by atoms with Crippen molar-refractivity contribution in [3.8, 4) is 0 Å². The molecule has 2 aromatic carbocycles. The summed E-state index contributed by atoms with van der Waals surface area (Å²) < 4.78 is 0. The Morgan fingerprint density at radius 2 is 1.66 bits per heavy atom. The highest BCUT2D eigenvalue weighted by Crippen LogP contribution is 2.25. The molecule has 0 aliphatic rings. The normalized spacial score (nSPS) is 12.5. The van der Waals surface area contributed by atoms with Crippen molar-refractivity contribution >= 4 is 35.0 Å². The molecule has 0 heterocycles. The van der Waals surface area contributed by atoms with Crippen molar-refractivity contribution < 1.29 is 9.59 Å². The smallest absolute Gasteiger partial charge is 0.241 e. The summed E-state index contributed by atoms with van der Waals surface area (Å²) in [5, 5.41) is 5.85. The number of anilines is 2. The Morgan fingerprint density at radius 3 is 2.24 bits per heavy atom. The number of nitrogens with one attached hydrogen (secondary N) is 2. The van der Waals surface area contributed by atoms with Crippen LogP contribution in [0.4, 0.5) is 11.4 Å². The molecule has 0 saturated carbocycles. The fourth-order valence-corrected chi connectivity index (χ4v) is 3.36. The summed E-state index contributed by atoms with van der Waals surface area (Å²) in [7, 11) is 1.77. The number of para-hydroxylation sites is 1. The summed E-state index contributed by atoms with van der Waals surface area (Å²) in [5.41, 5.74) is 2.82. The Hall–Kier alpha value is -2.31. The van der Waals surface area contributed by atoms with Crippen LogP contribution >= 0.6 is 11.8 Å². The van der Waals surface area contributed by atoms with E-state index in [9.17, 15) is 9.59 Å². The van der Waals surface area contributed by atoms with Crippen LogP contribution in [-0.2, 0) is 15.0 Å². The van der Waals surface area contributed by atoms with Crippen LogP contribution in [-0.4, -0.2) is 42.6 Å². The molecule has 29 heavy (non-hydrogen) atoms. The first-order chi connectivity index (χ1) is 13.6. The second kappa shape index (κ2) is 9.94. The molecule has 2 aromatic rings. The standard InChI is InChI=1S/C23H31N3O2S/c1-16(22(28)24-18-13-11-17(12-14-18)23(2,3)4)26(5)15-21(27)25-19-9-7-8-10-20(19)29-6/h7-14,16H,15H2,1-6H3,(H,24,28)(H,25,27). The molecular formula is C23H31N3O2S. The van der Waals surface area contributed by atoms with Gasteiger partial charge in [-0.25, -0.2) is 0 Å². The van der Waals surface area contributed by atoms with Gasteiger partial charge in [-0.05, 0) is 55.5 Å². The van der Waals surface area contributed by atoms with Gasteiger partial charge in [0.2, 0.25) is 11.8 Å². The summed E-state index contributed by atoms with van der Waals surface area (Å²) >= 11 is 1.58. The molecule has 0 saturated heterocycles. The van der Waals surface area contributed by atoms with Crippen molar-refractivity contribution in [3.05, 3.63) is 54.1 Å². The van der Waals surface area contributed by atoms with E-state index in [4.69, 9.17) is 0 Å². The SMILES string of the molecule is CSc1ccccc1NC(=O)CN(C)C(C)C(=O)Nc1ccc(C(C)(C)C)cc1. The average molecular weight is 414 g/mol. The molecule has 5 nitrogen and oxygen atoms in total. The molecule has 0 bridgehead atoms. The van der Waals surface area contributed by atoms with Crippen LogP contribution in [0, 0.1) is 0 Å².